The standard InChI is InChI=1S/C10H12BrN3O4/c11-8-4-12-5-9(14(15)16)10(8)13-3-7-6-17-1-2-18-7/h4-5,7H,1-3,6H2,(H,12,13). The van der Waals surface area contributed by atoms with E-state index in [1.165, 1.54) is 12.4 Å². The Kier molecular flexibility index (Phi) is 4.45. The summed E-state index contributed by atoms with van der Waals surface area (Å²) in [6.45, 7) is 2.08. The largest absolute Gasteiger partial charge is 0.376 e. The molecule has 2 rings (SSSR count). The fourth-order valence-corrected chi connectivity index (χ4v) is 2.07. The lowest BCUT2D eigenvalue weighted by Crippen LogP contribution is -2.34. The molecule has 18 heavy (non-hydrogen) atoms. The van der Waals surface area contributed by atoms with Gasteiger partial charge in [-0.25, -0.2) is 0 Å². The van der Waals surface area contributed by atoms with Gasteiger partial charge in [0.15, 0.2) is 0 Å². The summed E-state index contributed by atoms with van der Waals surface area (Å²) in [6.07, 6.45) is 2.62. The zero-order chi connectivity index (χ0) is 13.0. The molecular formula is C10H12BrN3O4. The van der Waals surface area contributed by atoms with Crippen LogP contribution >= 0.6 is 15.9 Å². The summed E-state index contributed by atoms with van der Waals surface area (Å²) in [5, 5.41) is 13.9. The highest BCUT2D eigenvalue weighted by Gasteiger charge is 2.20. The second kappa shape index (κ2) is 6.07. The Morgan fingerprint density at radius 3 is 3.06 bits per heavy atom. The summed E-state index contributed by atoms with van der Waals surface area (Å²) in [4.78, 5) is 14.2. The van der Waals surface area contributed by atoms with Crippen LogP contribution in [-0.2, 0) is 9.47 Å². The Hall–Kier alpha value is -1.25. The van der Waals surface area contributed by atoms with Crippen molar-refractivity contribution in [3.63, 3.8) is 0 Å². The van der Waals surface area contributed by atoms with Gasteiger partial charge in [-0.05, 0) is 15.9 Å². The molecule has 0 amide bonds. The van der Waals surface area contributed by atoms with E-state index in [2.05, 4.69) is 26.2 Å². The van der Waals surface area contributed by atoms with Crippen LogP contribution in [0.3, 0.4) is 0 Å². The number of rotatable bonds is 4. The van der Waals surface area contributed by atoms with Crippen LogP contribution in [0, 0.1) is 10.1 Å². The van der Waals surface area contributed by atoms with Crippen LogP contribution in [-0.4, -0.2) is 42.4 Å². The molecule has 0 aliphatic carbocycles. The number of nitro groups is 1. The molecule has 1 unspecified atom stereocenters. The molecule has 1 fully saturated rings. The molecule has 8 heteroatoms. The number of anilines is 1. The van der Waals surface area contributed by atoms with Crippen LogP contribution in [0.4, 0.5) is 11.4 Å². The molecule has 7 nitrogen and oxygen atoms in total. The maximum absolute atomic E-state index is 10.9. The molecule has 1 atom stereocenters. The van der Waals surface area contributed by atoms with Crippen LogP contribution in [0.2, 0.25) is 0 Å². The van der Waals surface area contributed by atoms with Crippen LogP contribution in [0.15, 0.2) is 16.9 Å². The Morgan fingerprint density at radius 1 is 1.56 bits per heavy atom. The Labute approximate surface area is 112 Å². The van der Waals surface area contributed by atoms with Gasteiger partial charge in [-0.1, -0.05) is 0 Å². The Balaban J connectivity index is 2.05. The predicted octanol–water partition coefficient (Wildman–Crippen LogP) is 1.58. The van der Waals surface area contributed by atoms with Crippen molar-refractivity contribution in [2.45, 2.75) is 6.10 Å². The van der Waals surface area contributed by atoms with Crippen molar-refractivity contribution in [1.82, 2.24) is 4.98 Å². The third kappa shape index (κ3) is 3.15. The van der Waals surface area contributed by atoms with E-state index in [1.807, 2.05) is 0 Å². The number of pyridine rings is 1. The average molecular weight is 318 g/mol. The normalized spacial score (nSPS) is 19.5. The predicted molar refractivity (Wildman–Crippen MR) is 67.6 cm³/mol. The van der Waals surface area contributed by atoms with Crippen molar-refractivity contribution in [2.75, 3.05) is 31.7 Å². The average Bonchev–Trinajstić information content (AvgIpc) is 2.38. The molecule has 1 aliphatic heterocycles. The number of hydrogen-bond acceptors (Lipinski definition) is 6. The summed E-state index contributed by atoms with van der Waals surface area (Å²) in [5.41, 5.74) is 0.338. The lowest BCUT2D eigenvalue weighted by molar-refractivity contribution is -0.384. The van der Waals surface area contributed by atoms with Crippen molar-refractivity contribution in [1.29, 1.82) is 0 Å². The monoisotopic (exact) mass is 317 g/mol. The second-order valence-corrected chi connectivity index (χ2v) is 4.58. The summed E-state index contributed by atoms with van der Waals surface area (Å²) < 4.78 is 11.3. The first-order valence-corrected chi connectivity index (χ1v) is 6.19. The van der Waals surface area contributed by atoms with Gasteiger partial charge in [0.2, 0.25) is 0 Å². The first kappa shape index (κ1) is 13.2. The van der Waals surface area contributed by atoms with Gasteiger partial charge in [0.05, 0.1) is 35.3 Å². The van der Waals surface area contributed by atoms with Gasteiger partial charge in [0.25, 0.3) is 0 Å². The van der Waals surface area contributed by atoms with Crippen LogP contribution in [0.1, 0.15) is 0 Å². The number of ether oxygens (including phenoxy) is 2. The van der Waals surface area contributed by atoms with E-state index in [9.17, 15) is 10.1 Å². The van der Waals surface area contributed by atoms with Gasteiger partial charge in [-0.15, -0.1) is 0 Å². The molecule has 0 radical (unpaired) electrons. The number of aromatic nitrogens is 1. The van der Waals surface area contributed by atoms with Crippen molar-refractivity contribution in [2.24, 2.45) is 0 Å². The van der Waals surface area contributed by atoms with E-state index in [0.717, 1.165) is 0 Å². The summed E-state index contributed by atoms with van der Waals surface area (Å²) in [5.74, 6) is 0. The zero-order valence-electron chi connectivity index (χ0n) is 9.47. The van der Waals surface area contributed by atoms with E-state index in [1.54, 1.807) is 0 Å². The lowest BCUT2D eigenvalue weighted by atomic mass is 10.3. The molecule has 0 saturated carbocycles. The highest BCUT2D eigenvalue weighted by molar-refractivity contribution is 9.10. The molecule has 1 saturated heterocycles. The van der Waals surface area contributed by atoms with Gasteiger partial charge in [0, 0.05) is 12.7 Å². The third-order valence-corrected chi connectivity index (χ3v) is 3.07. The highest BCUT2D eigenvalue weighted by Crippen LogP contribution is 2.30. The lowest BCUT2D eigenvalue weighted by Gasteiger charge is -2.23. The first-order valence-electron chi connectivity index (χ1n) is 5.39. The number of nitrogens with zero attached hydrogens (tertiary/aromatic N) is 2. The number of nitrogens with one attached hydrogen (secondary N) is 1. The molecule has 98 valence electrons. The molecule has 2 heterocycles. The molecular weight excluding hydrogens is 306 g/mol. The smallest absolute Gasteiger partial charge is 0.311 e. The molecule has 0 aromatic carbocycles. The zero-order valence-corrected chi connectivity index (χ0v) is 11.1. The van der Waals surface area contributed by atoms with E-state index in [0.29, 0.717) is 36.5 Å². The first-order chi connectivity index (χ1) is 8.68. The molecule has 0 bridgehead atoms. The Morgan fingerprint density at radius 2 is 2.39 bits per heavy atom. The number of hydrogen-bond donors (Lipinski definition) is 1. The van der Waals surface area contributed by atoms with Gasteiger partial charge >= 0.3 is 5.69 Å². The van der Waals surface area contributed by atoms with Gasteiger partial charge < -0.3 is 14.8 Å². The summed E-state index contributed by atoms with van der Waals surface area (Å²) in [6, 6.07) is 0. The quantitative estimate of drug-likeness (QED) is 0.670. The third-order valence-electron chi connectivity index (χ3n) is 2.47. The molecule has 1 aromatic heterocycles. The fraction of sp³-hybridized carbons (Fsp3) is 0.500. The van der Waals surface area contributed by atoms with Crippen molar-refractivity contribution < 1.29 is 14.4 Å². The molecule has 1 aliphatic rings. The van der Waals surface area contributed by atoms with Crippen LogP contribution in [0.25, 0.3) is 0 Å². The molecule has 1 N–H and O–H groups in total. The SMILES string of the molecule is O=[N+]([O-])c1cncc(Br)c1NCC1COCCO1. The van der Waals surface area contributed by atoms with E-state index >= 15 is 0 Å². The van der Waals surface area contributed by atoms with Crippen molar-refractivity contribution in [3.8, 4) is 0 Å². The molecule has 0 spiro atoms. The van der Waals surface area contributed by atoms with E-state index in [-0.39, 0.29) is 11.8 Å². The minimum atomic E-state index is -0.474. The van der Waals surface area contributed by atoms with Crippen LogP contribution in [0.5, 0.6) is 0 Å². The van der Waals surface area contributed by atoms with Gasteiger partial charge in [-0.3, -0.25) is 15.1 Å². The van der Waals surface area contributed by atoms with Crippen molar-refractivity contribution >= 4 is 27.3 Å². The van der Waals surface area contributed by atoms with Gasteiger partial charge in [0.1, 0.15) is 11.9 Å². The highest BCUT2D eigenvalue weighted by atomic mass is 79.9. The van der Waals surface area contributed by atoms with E-state index < -0.39 is 4.92 Å². The summed E-state index contributed by atoms with van der Waals surface area (Å²) >= 11 is 3.24. The maximum Gasteiger partial charge on any atom is 0.311 e. The fourth-order valence-electron chi connectivity index (χ4n) is 1.61. The van der Waals surface area contributed by atoms with Crippen LogP contribution < -0.4 is 5.32 Å². The van der Waals surface area contributed by atoms with Crippen molar-refractivity contribution in [3.05, 3.63) is 27.0 Å². The minimum Gasteiger partial charge on any atom is -0.376 e. The minimum absolute atomic E-state index is 0.0684. The molecule has 1 aromatic rings. The van der Waals surface area contributed by atoms with Gasteiger partial charge in [-0.2, -0.15) is 0 Å². The second-order valence-electron chi connectivity index (χ2n) is 3.72. The Bertz CT molecular complexity index is 437. The summed E-state index contributed by atoms with van der Waals surface area (Å²) in [7, 11) is 0. The maximum atomic E-state index is 10.9. The topological polar surface area (TPSA) is 86.5 Å². The van der Waals surface area contributed by atoms with E-state index in [4.69, 9.17) is 9.47 Å². The number of halogens is 1.